The molecule has 0 saturated carbocycles. The zero-order valence-electron chi connectivity index (χ0n) is 17.6. The molecule has 0 atom stereocenters. The van der Waals surface area contributed by atoms with Gasteiger partial charge < -0.3 is 26.4 Å². The summed E-state index contributed by atoms with van der Waals surface area (Å²) >= 11 is 0. The second-order valence-electron chi connectivity index (χ2n) is 6.74. The van der Waals surface area contributed by atoms with Gasteiger partial charge in [0, 0.05) is 38.8 Å². The predicted octanol–water partition coefficient (Wildman–Crippen LogP) is 1.89. The second kappa shape index (κ2) is 16.2. The number of nitrogens with two attached hydrogens (primary N) is 2. The van der Waals surface area contributed by atoms with Crippen LogP contribution in [0.1, 0.15) is 44.1 Å². The second-order valence-corrected chi connectivity index (χ2v) is 6.74. The molecule has 0 radical (unpaired) electrons. The summed E-state index contributed by atoms with van der Waals surface area (Å²) in [6.45, 7) is 3.57. The van der Waals surface area contributed by atoms with Gasteiger partial charge in [-0.25, -0.2) is 0 Å². The lowest BCUT2D eigenvalue weighted by Crippen LogP contribution is -2.30. The predicted molar refractivity (Wildman–Crippen MR) is 119 cm³/mol. The number of amides is 1. The zero-order valence-corrected chi connectivity index (χ0v) is 17.6. The highest BCUT2D eigenvalue weighted by Crippen LogP contribution is 2.18. The topological polar surface area (TPSA) is 118 Å². The lowest BCUT2D eigenvalue weighted by molar-refractivity contribution is -0.118. The summed E-state index contributed by atoms with van der Waals surface area (Å²) in [4.78, 5) is 20.8. The Morgan fingerprint density at radius 2 is 1.86 bits per heavy atom. The smallest absolute Gasteiger partial charge is 0.209 e. The largest absolute Gasteiger partial charge is 0.493 e. The van der Waals surface area contributed by atoms with Gasteiger partial charge >= 0.3 is 0 Å². The van der Waals surface area contributed by atoms with Gasteiger partial charge in [-0.2, -0.15) is 0 Å². The molecule has 0 heterocycles. The third-order valence-electron chi connectivity index (χ3n) is 4.51. The van der Waals surface area contributed by atoms with Crippen molar-refractivity contribution in [3.63, 3.8) is 0 Å². The van der Waals surface area contributed by atoms with Gasteiger partial charge in [0.25, 0.3) is 0 Å². The highest BCUT2D eigenvalue weighted by molar-refractivity contribution is 5.77. The highest BCUT2D eigenvalue weighted by atomic mass is 16.5. The van der Waals surface area contributed by atoms with Gasteiger partial charge in [-0.05, 0) is 31.7 Å². The van der Waals surface area contributed by atoms with E-state index < -0.39 is 0 Å². The summed E-state index contributed by atoms with van der Waals surface area (Å²) in [6, 6.07) is 7.93. The average molecular weight is 405 g/mol. The van der Waals surface area contributed by atoms with Crippen LogP contribution in [0.5, 0.6) is 5.75 Å². The Morgan fingerprint density at radius 1 is 1.14 bits per heavy atom. The van der Waals surface area contributed by atoms with Crippen LogP contribution in [0, 0.1) is 0 Å². The fourth-order valence-electron chi connectivity index (χ4n) is 2.82. The van der Waals surface area contributed by atoms with Gasteiger partial charge in [-0.15, -0.1) is 0 Å². The molecule has 8 heteroatoms. The van der Waals surface area contributed by atoms with Gasteiger partial charge in [0.2, 0.25) is 6.41 Å². The van der Waals surface area contributed by atoms with Crippen molar-refractivity contribution in [2.75, 3.05) is 33.3 Å². The normalized spacial score (nSPS) is 11.6. The minimum atomic E-state index is 0.410. The Labute approximate surface area is 174 Å². The molecule has 1 aromatic rings. The minimum absolute atomic E-state index is 0.410. The fraction of sp³-hybridized carbons (Fsp3) is 0.571. The summed E-state index contributed by atoms with van der Waals surface area (Å²) in [5, 5.41) is 3.05. The first-order valence-electron chi connectivity index (χ1n) is 10.3. The Bertz CT molecular complexity index is 621. The van der Waals surface area contributed by atoms with Gasteiger partial charge in [0.15, 0.2) is 5.96 Å². The molecule has 0 spiro atoms. The van der Waals surface area contributed by atoms with Crippen LogP contribution >= 0.6 is 0 Å². The van der Waals surface area contributed by atoms with Crippen LogP contribution in [0.3, 0.4) is 0 Å². The van der Waals surface area contributed by atoms with Crippen LogP contribution in [0.2, 0.25) is 0 Å². The van der Waals surface area contributed by atoms with E-state index in [9.17, 15) is 4.79 Å². The lowest BCUT2D eigenvalue weighted by atomic mass is 10.2. The van der Waals surface area contributed by atoms with Gasteiger partial charge in [0.05, 0.1) is 12.9 Å². The molecular weight excluding hydrogens is 368 g/mol. The molecular formula is C21H36N6O2. The van der Waals surface area contributed by atoms with Crippen molar-refractivity contribution in [2.24, 2.45) is 21.5 Å². The van der Waals surface area contributed by atoms with Crippen LogP contribution in [0.4, 0.5) is 0 Å². The van der Waals surface area contributed by atoms with Crippen LogP contribution in [-0.4, -0.2) is 56.9 Å². The van der Waals surface area contributed by atoms with Crippen molar-refractivity contribution >= 4 is 18.7 Å². The number of carbonyl (C=O) groups excluding carboxylic acids is 1. The molecule has 0 aliphatic heterocycles. The molecule has 1 rings (SSSR count). The van der Waals surface area contributed by atoms with Gasteiger partial charge in [-0.1, -0.05) is 31.0 Å². The van der Waals surface area contributed by atoms with Crippen molar-refractivity contribution < 1.29 is 9.53 Å². The standard InChI is InChI=1S/C21H36N6O2/c1-24-21(23)26-16-19-10-4-5-11-20(19)29-15-9-3-2-7-13-27(18-28)14-8-6-12-25-17-22/h4-5,10-11,17-18H,2-3,6-9,12-16H2,1H3,(H2,22,25)(H3,23,24,26). The number of rotatable bonds is 16. The lowest BCUT2D eigenvalue weighted by Gasteiger charge is -2.17. The maximum absolute atomic E-state index is 11.1. The zero-order chi connectivity index (χ0) is 21.2. The Balaban J connectivity index is 2.15. The number of benzene rings is 1. The van der Waals surface area contributed by atoms with Crippen molar-refractivity contribution in [2.45, 2.75) is 45.1 Å². The van der Waals surface area contributed by atoms with Crippen LogP contribution in [-0.2, 0) is 11.3 Å². The number of nitrogens with one attached hydrogen (secondary N) is 1. The molecule has 162 valence electrons. The fourth-order valence-corrected chi connectivity index (χ4v) is 2.82. The van der Waals surface area contributed by atoms with E-state index in [1.165, 1.54) is 6.34 Å². The first-order chi connectivity index (χ1) is 14.2. The number of hydrogen-bond acceptors (Lipinski definition) is 4. The van der Waals surface area contributed by atoms with E-state index in [1.54, 1.807) is 7.05 Å². The third-order valence-corrected chi connectivity index (χ3v) is 4.51. The van der Waals surface area contributed by atoms with E-state index in [4.69, 9.17) is 16.2 Å². The molecule has 0 bridgehead atoms. The number of nitrogens with zero attached hydrogens (tertiary/aromatic N) is 3. The van der Waals surface area contributed by atoms with Crippen molar-refractivity contribution in [1.29, 1.82) is 0 Å². The van der Waals surface area contributed by atoms with E-state index in [2.05, 4.69) is 15.3 Å². The number of guanidine groups is 1. The SMILES string of the molecule is CN=C(N)NCc1ccccc1OCCCCCCN(C=O)CCCCN=CN. The Hall–Kier alpha value is -2.77. The van der Waals surface area contributed by atoms with Gasteiger partial charge in [-0.3, -0.25) is 14.8 Å². The molecule has 8 nitrogen and oxygen atoms in total. The van der Waals surface area contributed by atoms with E-state index in [0.29, 0.717) is 19.1 Å². The van der Waals surface area contributed by atoms with E-state index in [-0.39, 0.29) is 0 Å². The maximum Gasteiger partial charge on any atom is 0.209 e. The maximum atomic E-state index is 11.1. The monoisotopic (exact) mass is 404 g/mol. The number of hydrogen-bond donors (Lipinski definition) is 3. The summed E-state index contributed by atoms with van der Waals surface area (Å²) in [5.41, 5.74) is 11.9. The summed E-state index contributed by atoms with van der Waals surface area (Å²) in [6.07, 6.45) is 8.32. The summed E-state index contributed by atoms with van der Waals surface area (Å²) in [7, 11) is 1.65. The number of carbonyl (C=O) groups is 1. The minimum Gasteiger partial charge on any atom is -0.493 e. The molecule has 0 aliphatic rings. The number of aliphatic imine (C=N–C) groups is 2. The molecule has 1 amide bonds. The molecule has 1 aromatic carbocycles. The quantitative estimate of drug-likeness (QED) is 0.168. The Kier molecular flexibility index (Phi) is 13.6. The van der Waals surface area contributed by atoms with Crippen molar-refractivity contribution in [1.82, 2.24) is 10.2 Å². The number of ether oxygens (including phenoxy) is 1. The van der Waals surface area contributed by atoms with Crippen molar-refractivity contribution in [3.8, 4) is 5.75 Å². The molecule has 0 saturated heterocycles. The summed E-state index contributed by atoms with van der Waals surface area (Å²) in [5.74, 6) is 1.28. The van der Waals surface area contributed by atoms with E-state index in [0.717, 1.165) is 75.9 Å². The summed E-state index contributed by atoms with van der Waals surface area (Å²) < 4.78 is 5.93. The van der Waals surface area contributed by atoms with E-state index >= 15 is 0 Å². The first kappa shape index (κ1) is 24.3. The molecule has 29 heavy (non-hydrogen) atoms. The molecule has 0 fully saturated rings. The molecule has 0 aliphatic carbocycles. The van der Waals surface area contributed by atoms with E-state index in [1.807, 2.05) is 29.2 Å². The number of unbranched alkanes of at least 4 members (excludes halogenated alkanes) is 4. The number of para-hydroxylation sites is 1. The average Bonchev–Trinajstić information content (AvgIpc) is 2.75. The van der Waals surface area contributed by atoms with Crippen LogP contribution < -0.4 is 21.5 Å². The Morgan fingerprint density at radius 3 is 2.59 bits per heavy atom. The van der Waals surface area contributed by atoms with Crippen LogP contribution in [0.25, 0.3) is 0 Å². The van der Waals surface area contributed by atoms with Crippen molar-refractivity contribution in [3.05, 3.63) is 29.8 Å². The van der Waals surface area contributed by atoms with Crippen LogP contribution in [0.15, 0.2) is 34.3 Å². The first-order valence-corrected chi connectivity index (χ1v) is 10.3. The molecule has 5 N–H and O–H groups in total. The molecule has 0 aromatic heterocycles. The molecule has 0 unspecified atom stereocenters. The third kappa shape index (κ3) is 11.6. The van der Waals surface area contributed by atoms with Gasteiger partial charge in [0.1, 0.15) is 5.75 Å². The highest BCUT2D eigenvalue weighted by Gasteiger charge is 2.04.